The van der Waals surface area contributed by atoms with Crippen molar-refractivity contribution in [3.63, 3.8) is 0 Å². The average molecular weight is 402 g/mol. The molecule has 0 atom stereocenters. The van der Waals surface area contributed by atoms with Crippen LogP contribution in [0.4, 0.5) is 5.69 Å². The van der Waals surface area contributed by atoms with E-state index in [4.69, 9.17) is 5.14 Å². The van der Waals surface area contributed by atoms with Crippen LogP contribution in [0.2, 0.25) is 0 Å². The predicted octanol–water partition coefficient (Wildman–Crippen LogP) is 2.90. The van der Waals surface area contributed by atoms with Gasteiger partial charge in [-0.3, -0.25) is 4.79 Å². The van der Waals surface area contributed by atoms with E-state index in [0.29, 0.717) is 17.7 Å². The summed E-state index contributed by atoms with van der Waals surface area (Å²) in [7, 11) is -2.14. The molecule has 3 rings (SSSR count). The third-order valence-corrected chi connectivity index (χ3v) is 6.10. The number of carbonyl (C=O) groups is 1. The molecule has 2 aromatic carbocycles. The summed E-state index contributed by atoms with van der Waals surface area (Å²) in [6.07, 6.45) is 3.76. The minimum atomic E-state index is -3.85. The zero-order valence-corrected chi connectivity index (χ0v) is 17.2. The number of piperidine rings is 1. The number of carbonyl (C=O) groups excluding carboxylic acids is 1. The predicted molar refractivity (Wildman–Crippen MR) is 111 cm³/mol. The number of aryl methyl sites for hydroxylation is 1. The van der Waals surface area contributed by atoms with Crippen LogP contribution >= 0.6 is 0 Å². The molecule has 1 fully saturated rings. The molecule has 1 aliphatic rings. The second-order valence-electron chi connectivity index (χ2n) is 7.40. The van der Waals surface area contributed by atoms with Crippen molar-refractivity contribution >= 4 is 21.6 Å². The maximum atomic E-state index is 12.8. The molecule has 2 aromatic rings. The van der Waals surface area contributed by atoms with Crippen LogP contribution in [-0.2, 0) is 16.6 Å². The summed E-state index contributed by atoms with van der Waals surface area (Å²) in [5, 5.41) is 5.19. The smallest absolute Gasteiger partial charge is 0.254 e. The van der Waals surface area contributed by atoms with Crippen molar-refractivity contribution in [2.24, 2.45) is 5.14 Å². The fourth-order valence-corrected chi connectivity index (χ4v) is 4.06. The standard InChI is InChI=1S/C21H27N3O3S/c1-16-6-11-19(28(22,26)27)14-20(16)21(25)23(2)15-17-7-9-18(10-8-17)24-12-4-3-5-13-24/h6-11,14H,3-5,12-13,15H2,1-2H3,(H2,22,26,27). The van der Waals surface area contributed by atoms with Crippen LogP contribution in [0, 0.1) is 6.92 Å². The summed E-state index contributed by atoms with van der Waals surface area (Å²) in [5.41, 5.74) is 3.30. The molecule has 2 N–H and O–H groups in total. The first-order valence-corrected chi connectivity index (χ1v) is 11.0. The lowest BCUT2D eigenvalue weighted by Gasteiger charge is -2.29. The Balaban J connectivity index is 1.72. The van der Waals surface area contributed by atoms with Crippen LogP contribution in [0.1, 0.15) is 40.7 Å². The highest BCUT2D eigenvalue weighted by molar-refractivity contribution is 7.89. The van der Waals surface area contributed by atoms with Gasteiger partial charge in [-0.1, -0.05) is 18.2 Å². The van der Waals surface area contributed by atoms with Gasteiger partial charge in [-0.2, -0.15) is 0 Å². The number of nitrogens with zero attached hydrogens (tertiary/aromatic N) is 2. The van der Waals surface area contributed by atoms with Crippen LogP contribution in [0.5, 0.6) is 0 Å². The normalized spacial score (nSPS) is 14.8. The fraction of sp³-hybridized carbons (Fsp3) is 0.381. The van der Waals surface area contributed by atoms with Gasteiger partial charge in [-0.15, -0.1) is 0 Å². The third kappa shape index (κ3) is 4.72. The number of rotatable bonds is 5. The second kappa shape index (κ2) is 8.32. The van der Waals surface area contributed by atoms with Gasteiger partial charge in [0.25, 0.3) is 5.91 Å². The minimum Gasteiger partial charge on any atom is -0.372 e. The molecule has 0 unspecified atom stereocenters. The van der Waals surface area contributed by atoms with Crippen molar-refractivity contribution in [2.45, 2.75) is 37.6 Å². The average Bonchev–Trinajstić information content (AvgIpc) is 2.68. The molecular formula is C21H27N3O3S. The summed E-state index contributed by atoms with van der Waals surface area (Å²) >= 11 is 0. The lowest BCUT2D eigenvalue weighted by Crippen LogP contribution is -2.29. The van der Waals surface area contributed by atoms with Gasteiger partial charge in [0.1, 0.15) is 0 Å². The van der Waals surface area contributed by atoms with Crippen molar-refractivity contribution in [1.29, 1.82) is 0 Å². The van der Waals surface area contributed by atoms with Gasteiger partial charge in [0.15, 0.2) is 0 Å². The Labute approximate surface area is 167 Å². The van der Waals surface area contributed by atoms with E-state index in [2.05, 4.69) is 17.0 Å². The Morgan fingerprint density at radius 2 is 1.71 bits per heavy atom. The van der Waals surface area contributed by atoms with Gasteiger partial charge in [0.2, 0.25) is 10.0 Å². The molecule has 6 nitrogen and oxygen atoms in total. The van der Waals surface area contributed by atoms with Crippen molar-refractivity contribution < 1.29 is 13.2 Å². The van der Waals surface area contributed by atoms with E-state index >= 15 is 0 Å². The molecule has 0 aliphatic carbocycles. The molecule has 1 amide bonds. The first-order chi connectivity index (χ1) is 13.3. The van der Waals surface area contributed by atoms with E-state index in [0.717, 1.165) is 18.7 Å². The molecule has 0 saturated carbocycles. The number of amides is 1. The Kier molecular flexibility index (Phi) is 6.05. The monoisotopic (exact) mass is 401 g/mol. The number of benzene rings is 2. The summed E-state index contributed by atoms with van der Waals surface area (Å²) in [4.78, 5) is 16.8. The molecular weight excluding hydrogens is 374 g/mol. The summed E-state index contributed by atoms with van der Waals surface area (Å²) in [6, 6.07) is 12.7. The van der Waals surface area contributed by atoms with Crippen molar-refractivity contribution in [3.05, 3.63) is 59.2 Å². The molecule has 1 aliphatic heterocycles. The van der Waals surface area contributed by atoms with E-state index in [9.17, 15) is 13.2 Å². The minimum absolute atomic E-state index is 0.0549. The topological polar surface area (TPSA) is 83.7 Å². The molecule has 0 radical (unpaired) electrons. The number of hydrogen-bond acceptors (Lipinski definition) is 4. The van der Waals surface area contributed by atoms with Crippen LogP contribution in [0.15, 0.2) is 47.4 Å². The quantitative estimate of drug-likeness (QED) is 0.835. The van der Waals surface area contributed by atoms with E-state index in [1.165, 1.54) is 37.1 Å². The number of hydrogen-bond donors (Lipinski definition) is 1. The highest BCUT2D eigenvalue weighted by Crippen LogP contribution is 2.21. The fourth-order valence-electron chi connectivity index (χ4n) is 3.52. The number of anilines is 1. The first-order valence-electron chi connectivity index (χ1n) is 9.48. The zero-order chi connectivity index (χ0) is 20.3. The lowest BCUT2D eigenvalue weighted by atomic mass is 10.1. The SMILES string of the molecule is Cc1ccc(S(N)(=O)=O)cc1C(=O)N(C)Cc1ccc(N2CCCCC2)cc1. The summed E-state index contributed by atoms with van der Waals surface area (Å²) in [6.45, 7) is 4.41. The maximum absolute atomic E-state index is 12.8. The van der Waals surface area contributed by atoms with Crippen LogP contribution < -0.4 is 10.0 Å². The Hall–Kier alpha value is -2.38. The molecule has 1 heterocycles. The highest BCUT2D eigenvalue weighted by Gasteiger charge is 2.18. The van der Waals surface area contributed by atoms with E-state index in [-0.39, 0.29) is 10.8 Å². The van der Waals surface area contributed by atoms with E-state index < -0.39 is 10.0 Å². The van der Waals surface area contributed by atoms with Crippen LogP contribution in [0.25, 0.3) is 0 Å². The molecule has 0 spiro atoms. The molecule has 0 bridgehead atoms. The Bertz CT molecular complexity index is 949. The maximum Gasteiger partial charge on any atom is 0.254 e. The summed E-state index contributed by atoms with van der Waals surface area (Å²) < 4.78 is 23.2. The molecule has 0 aromatic heterocycles. The van der Waals surface area contributed by atoms with Crippen molar-refractivity contribution in [2.75, 3.05) is 25.0 Å². The van der Waals surface area contributed by atoms with E-state index in [1.807, 2.05) is 12.1 Å². The summed E-state index contributed by atoms with van der Waals surface area (Å²) in [5.74, 6) is -0.233. The zero-order valence-electron chi connectivity index (χ0n) is 16.4. The van der Waals surface area contributed by atoms with Crippen LogP contribution in [-0.4, -0.2) is 39.4 Å². The number of primary sulfonamides is 1. The van der Waals surface area contributed by atoms with Gasteiger partial charge in [0.05, 0.1) is 4.90 Å². The van der Waals surface area contributed by atoms with Gasteiger partial charge < -0.3 is 9.80 Å². The molecule has 28 heavy (non-hydrogen) atoms. The molecule has 1 saturated heterocycles. The van der Waals surface area contributed by atoms with Crippen molar-refractivity contribution in [3.8, 4) is 0 Å². The largest absolute Gasteiger partial charge is 0.372 e. The van der Waals surface area contributed by atoms with Crippen LogP contribution in [0.3, 0.4) is 0 Å². The molecule has 150 valence electrons. The van der Waals surface area contributed by atoms with Gasteiger partial charge in [-0.05, 0) is 61.6 Å². The van der Waals surface area contributed by atoms with Gasteiger partial charge in [-0.25, -0.2) is 13.6 Å². The lowest BCUT2D eigenvalue weighted by molar-refractivity contribution is 0.0784. The highest BCUT2D eigenvalue weighted by atomic mass is 32.2. The van der Waals surface area contributed by atoms with Gasteiger partial charge in [0, 0.05) is 37.9 Å². The number of nitrogens with two attached hydrogens (primary N) is 1. The van der Waals surface area contributed by atoms with E-state index in [1.54, 1.807) is 24.9 Å². The first kappa shape index (κ1) is 20.4. The van der Waals surface area contributed by atoms with Gasteiger partial charge >= 0.3 is 0 Å². The molecule has 7 heteroatoms. The second-order valence-corrected chi connectivity index (χ2v) is 8.96. The Morgan fingerprint density at radius 3 is 2.32 bits per heavy atom. The van der Waals surface area contributed by atoms with Crippen molar-refractivity contribution in [1.82, 2.24) is 4.90 Å². The number of sulfonamides is 1. The third-order valence-electron chi connectivity index (χ3n) is 5.19. The Morgan fingerprint density at radius 1 is 1.07 bits per heavy atom.